The van der Waals surface area contributed by atoms with Gasteiger partial charge in [0, 0.05) is 42.0 Å². The van der Waals surface area contributed by atoms with Gasteiger partial charge < -0.3 is 45.5 Å². The molecule has 0 aromatic heterocycles. The lowest BCUT2D eigenvalue weighted by atomic mass is 9.72. The summed E-state index contributed by atoms with van der Waals surface area (Å²) in [5, 5.41) is 53.2. The van der Waals surface area contributed by atoms with Crippen LogP contribution in [0, 0.1) is 0 Å². The number of carbonyl (C=O) groups excluding carboxylic acids is 3. The zero-order valence-corrected chi connectivity index (χ0v) is 20.3. The molecular weight excluding hydrogens is 502 g/mol. The van der Waals surface area contributed by atoms with Gasteiger partial charge in [-0.05, 0) is 6.07 Å². The molecule has 0 saturated carbocycles. The van der Waals surface area contributed by atoms with Gasteiger partial charge >= 0.3 is 0 Å². The number of aliphatic hydroxyl groups excluding tert-OH is 2. The van der Waals surface area contributed by atoms with Crippen molar-refractivity contribution in [3.8, 4) is 17.2 Å². The lowest BCUT2D eigenvalue weighted by molar-refractivity contribution is -0.223. The summed E-state index contributed by atoms with van der Waals surface area (Å²) < 4.78 is 16.7. The van der Waals surface area contributed by atoms with Crippen LogP contribution >= 0.6 is 0 Å². The molecule has 1 fully saturated rings. The first-order valence-electron chi connectivity index (χ1n) is 12.0. The van der Waals surface area contributed by atoms with Crippen molar-refractivity contribution in [3.63, 3.8) is 0 Å². The summed E-state index contributed by atoms with van der Waals surface area (Å²) in [6.45, 7) is -1.17. The van der Waals surface area contributed by atoms with Crippen molar-refractivity contribution >= 4 is 17.3 Å². The topological polar surface area (TPSA) is 206 Å². The van der Waals surface area contributed by atoms with Crippen molar-refractivity contribution in [2.24, 2.45) is 5.73 Å². The standard InChI is InChI=1S/C26H27NO11/c1-36-14-4-2-3-10-18(14)24(33)21-20(22(10)31)23(32)11-6-26(35,16(30)8-28)7-15(19(11)25(21)34)38-17-5-12(27)13(29)9-37-17/h2-4,12-13,15,17,28-29,32,34-35H,5-9,27H2,1H3/t12-,13?,15-,17?,26-/m0/s1. The van der Waals surface area contributed by atoms with E-state index in [1.807, 2.05) is 0 Å². The third-order valence-electron chi connectivity index (χ3n) is 7.47. The molecule has 2 aliphatic carbocycles. The van der Waals surface area contributed by atoms with Gasteiger partial charge in [-0.3, -0.25) is 14.4 Å². The van der Waals surface area contributed by atoms with Crippen LogP contribution in [0.5, 0.6) is 17.2 Å². The predicted octanol–water partition coefficient (Wildman–Crippen LogP) is -0.387. The van der Waals surface area contributed by atoms with Gasteiger partial charge in [0.05, 0.1) is 42.6 Å². The first-order valence-corrected chi connectivity index (χ1v) is 12.0. The van der Waals surface area contributed by atoms with E-state index in [0.29, 0.717) is 0 Å². The van der Waals surface area contributed by atoms with Crippen LogP contribution in [0.3, 0.4) is 0 Å². The van der Waals surface area contributed by atoms with Gasteiger partial charge in [0.2, 0.25) is 5.78 Å². The quantitative estimate of drug-likeness (QED) is 0.234. The van der Waals surface area contributed by atoms with Crippen molar-refractivity contribution in [2.45, 2.75) is 49.4 Å². The minimum absolute atomic E-state index is 0.0268. The minimum atomic E-state index is -2.23. The molecule has 5 rings (SSSR count). The van der Waals surface area contributed by atoms with Gasteiger partial charge in [0.15, 0.2) is 17.9 Å². The van der Waals surface area contributed by atoms with Gasteiger partial charge in [-0.2, -0.15) is 0 Å². The number of Topliss-reactive ketones (excluding diaryl/α,β-unsaturated/α-hetero) is 1. The molecule has 202 valence electrons. The number of fused-ring (bicyclic) bond motifs is 3. The molecule has 12 nitrogen and oxygen atoms in total. The number of methoxy groups -OCH3 is 1. The molecule has 12 heteroatoms. The Morgan fingerprint density at radius 1 is 1.16 bits per heavy atom. The number of carbonyl (C=O) groups is 3. The molecule has 5 atom stereocenters. The highest BCUT2D eigenvalue weighted by Gasteiger charge is 2.49. The van der Waals surface area contributed by atoms with Gasteiger partial charge in [-0.25, -0.2) is 0 Å². The van der Waals surface area contributed by atoms with E-state index < -0.39 is 89.6 Å². The van der Waals surface area contributed by atoms with E-state index >= 15 is 0 Å². The Bertz CT molecular complexity index is 1360. The number of hydrogen-bond donors (Lipinski definition) is 6. The van der Waals surface area contributed by atoms with Crippen LogP contribution in [0.2, 0.25) is 0 Å². The van der Waals surface area contributed by atoms with E-state index in [9.17, 15) is 39.9 Å². The Balaban J connectivity index is 1.69. The average molecular weight is 529 g/mol. The zero-order valence-electron chi connectivity index (χ0n) is 20.3. The molecule has 0 spiro atoms. The molecule has 1 heterocycles. The molecule has 7 N–H and O–H groups in total. The molecule has 2 aromatic rings. The van der Waals surface area contributed by atoms with Crippen molar-refractivity contribution in [1.82, 2.24) is 0 Å². The maximum atomic E-state index is 13.6. The smallest absolute Gasteiger partial charge is 0.202 e. The summed E-state index contributed by atoms with van der Waals surface area (Å²) in [6.07, 6.45) is -4.31. The Labute approximate surface area is 216 Å². The van der Waals surface area contributed by atoms with Gasteiger partial charge in [-0.1, -0.05) is 12.1 Å². The second-order valence-corrected chi connectivity index (χ2v) is 9.73. The van der Waals surface area contributed by atoms with Crippen molar-refractivity contribution in [2.75, 3.05) is 20.3 Å². The average Bonchev–Trinajstić information content (AvgIpc) is 2.90. The van der Waals surface area contributed by atoms with Crippen molar-refractivity contribution in [1.29, 1.82) is 0 Å². The Morgan fingerprint density at radius 2 is 1.87 bits per heavy atom. The first kappa shape index (κ1) is 26.2. The number of ketones is 3. The molecule has 38 heavy (non-hydrogen) atoms. The molecule has 2 aromatic carbocycles. The van der Waals surface area contributed by atoms with Crippen LogP contribution in [-0.4, -0.2) is 87.2 Å². The highest BCUT2D eigenvalue weighted by atomic mass is 16.7. The van der Waals surface area contributed by atoms with Gasteiger partial charge in [0.1, 0.15) is 29.5 Å². The normalized spacial score (nSPS) is 28.3. The van der Waals surface area contributed by atoms with Crippen LogP contribution in [0.4, 0.5) is 0 Å². The Hall–Kier alpha value is -3.39. The molecule has 0 bridgehead atoms. The maximum Gasteiger partial charge on any atom is 0.202 e. The number of aromatic hydroxyl groups is 2. The fourth-order valence-electron chi connectivity index (χ4n) is 5.45. The monoisotopic (exact) mass is 529 g/mol. The zero-order chi connectivity index (χ0) is 27.5. The molecule has 0 radical (unpaired) electrons. The van der Waals surface area contributed by atoms with E-state index in [4.69, 9.17) is 19.9 Å². The van der Waals surface area contributed by atoms with Crippen molar-refractivity contribution < 1.29 is 54.1 Å². The SMILES string of the molecule is COc1cccc2c1C(=O)c1c(O)c3c(c(O)c1C2=O)C[C@@](O)(C(=O)CO)C[C@@H]3OC1C[C@H](N)C(O)CO1. The Morgan fingerprint density at radius 3 is 2.53 bits per heavy atom. The molecular formula is C26H27NO11. The number of phenolic OH excluding ortho intramolecular Hbond substituents is 2. The van der Waals surface area contributed by atoms with Crippen molar-refractivity contribution in [3.05, 3.63) is 51.6 Å². The van der Waals surface area contributed by atoms with E-state index in [0.717, 1.165) is 0 Å². The maximum absolute atomic E-state index is 13.6. The second kappa shape index (κ2) is 9.42. The van der Waals surface area contributed by atoms with E-state index in [1.165, 1.54) is 25.3 Å². The number of phenols is 2. The third kappa shape index (κ3) is 3.88. The molecule has 3 aliphatic rings. The minimum Gasteiger partial charge on any atom is -0.507 e. The number of hydrogen-bond acceptors (Lipinski definition) is 12. The molecule has 2 unspecified atom stereocenters. The number of nitrogens with two attached hydrogens (primary N) is 1. The van der Waals surface area contributed by atoms with E-state index in [-0.39, 0.29) is 41.0 Å². The number of aliphatic hydroxyl groups is 3. The predicted molar refractivity (Wildman–Crippen MR) is 127 cm³/mol. The molecule has 1 aliphatic heterocycles. The first-order chi connectivity index (χ1) is 18.0. The van der Waals surface area contributed by atoms with Crippen LogP contribution in [0.25, 0.3) is 0 Å². The summed E-state index contributed by atoms with van der Waals surface area (Å²) in [5.41, 5.74) is 2.30. The van der Waals surface area contributed by atoms with E-state index in [1.54, 1.807) is 0 Å². The fourth-order valence-corrected chi connectivity index (χ4v) is 5.45. The van der Waals surface area contributed by atoms with Crippen LogP contribution in [0.1, 0.15) is 61.9 Å². The van der Waals surface area contributed by atoms with Crippen LogP contribution in [-0.2, 0) is 20.7 Å². The highest BCUT2D eigenvalue weighted by Crippen LogP contribution is 2.52. The number of benzene rings is 2. The second-order valence-electron chi connectivity index (χ2n) is 9.73. The number of rotatable bonds is 5. The van der Waals surface area contributed by atoms with Crippen LogP contribution < -0.4 is 10.5 Å². The summed E-state index contributed by atoms with van der Waals surface area (Å²) in [4.78, 5) is 39.6. The third-order valence-corrected chi connectivity index (χ3v) is 7.47. The lowest BCUT2D eigenvalue weighted by Crippen LogP contribution is -2.50. The van der Waals surface area contributed by atoms with Crippen LogP contribution in [0.15, 0.2) is 18.2 Å². The molecule has 0 amide bonds. The number of ether oxygens (including phenoxy) is 3. The highest BCUT2D eigenvalue weighted by molar-refractivity contribution is 6.31. The lowest BCUT2D eigenvalue weighted by Gasteiger charge is -2.41. The van der Waals surface area contributed by atoms with Gasteiger partial charge in [0.25, 0.3) is 0 Å². The summed E-state index contributed by atoms with van der Waals surface area (Å²) >= 11 is 0. The van der Waals surface area contributed by atoms with Gasteiger partial charge in [-0.15, -0.1) is 0 Å². The summed E-state index contributed by atoms with van der Waals surface area (Å²) in [5.74, 6) is -3.77. The van der Waals surface area contributed by atoms with E-state index in [2.05, 4.69) is 0 Å². The largest absolute Gasteiger partial charge is 0.507 e. The fraction of sp³-hybridized carbons (Fsp3) is 0.423. The Kier molecular flexibility index (Phi) is 6.50. The summed E-state index contributed by atoms with van der Waals surface area (Å²) in [6, 6.07) is 3.66. The molecule has 1 saturated heterocycles. The summed E-state index contributed by atoms with van der Waals surface area (Å²) in [7, 11) is 1.32.